The van der Waals surface area contributed by atoms with Gasteiger partial charge in [-0.1, -0.05) is 0 Å². The number of nitrogens with one attached hydrogen (secondary N) is 1. The van der Waals surface area contributed by atoms with Gasteiger partial charge in [0.2, 0.25) is 5.95 Å². The first-order chi connectivity index (χ1) is 12.6. The topological polar surface area (TPSA) is 84.4 Å². The minimum absolute atomic E-state index is 0.278. The summed E-state index contributed by atoms with van der Waals surface area (Å²) >= 11 is 0. The van der Waals surface area contributed by atoms with Crippen molar-refractivity contribution < 1.29 is 14.3 Å². The highest BCUT2D eigenvalue weighted by atomic mass is 16.5. The molecule has 1 aromatic carbocycles. The summed E-state index contributed by atoms with van der Waals surface area (Å²) in [4.78, 5) is 35.1. The van der Waals surface area contributed by atoms with Crippen molar-refractivity contribution in [3.63, 3.8) is 0 Å². The first-order valence-electron chi connectivity index (χ1n) is 8.75. The van der Waals surface area contributed by atoms with Crippen LogP contribution < -0.4 is 10.2 Å². The number of hydrogen-bond acceptors (Lipinski definition) is 6. The van der Waals surface area contributed by atoms with Gasteiger partial charge in [-0.2, -0.15) is 0 Å². The van der Waals surface area contributed by atoms with E-state index >= 15 is 0 Å². The number of anilines is 2. The van der Waals surface area contributed by atoms with Crippen LogP contribution >= 0.6 is 0 Å². The molecule has 1 amide bonds. The van der Waals surface area contributed by atoms with Crippen molar-refractivity contribution in [3.8, 4) is 0 Å². The SMILES string of the molecule is CCOC(=O)c1ccc(NC(=O)c2cnc(N3CCCC3)nc2C)cc1. The monoisotopic (exact) mass is 354 g/mol. The van der Waals surface area contributed by atoms with Crippen LogP contribution in [0.2, 0.25) is 0 Å². The van der Waals surface area contributed by atoms with Gasteiger partial charge in [0.25, 0.3) is 5.91 Å². The summed E-state index contributed by atoms with van der Waals surface area (Å²) in [6, 6.07) is 6.57. The van der Waals surface area contributed by atoms with Gasteiger partial charge < -0.3 is 15.0 Å². The fraction of sp³-hybridized carbons (Fsp3) is 0.368. The minimum atomic E-state index is -0.382. The number of aromatic nitrogens is 2. The van der Waals surface area contributed by atoms with Gasteiger partial charge in [0, 0.05) is 25.0 Å². The second-order valence-corrected chi connectivity index (χ2v) is 6.12. The number of hydrogen-bond donors (Lipinski definition) is 1. The third-order valence-corrected chi connectivity index (χ3v) is 4.25. The molecule has 2 aromatic rings. The number of carbonyl (C=O) groups is 2. The maximum atomic E-state index is 12.5. The van der Waals surface area contributed by atoms with E-state index in [2.05, 4.69) is 20.2 Å². The van der Waals surface area contributed by atoms with Crippen LogP contribution in [0.4, 0.5) is 11.6 Å². The molecule has 0 atom stereocenters. The summed E-state index contributed by atoms with van der Waals surface area (Å²) in [5.41, 5.74) is 2.11. The molecular weight excluding hydrogens is 332 g/mol. The van der Waals surface area contributed by atoms with Crippen molar-refractivity contribution in [1.29, 1.82) is 0 Å². The van der Waals surface area contributed by atoms with Crippen LogP contribution in [0, 0.1) is 6.92 Å². The van der Waals surface area contributed by atoms with Crippen LogP contribution in [0.1, 0.15) is 46.2 Å². The number of aryl methyl sites for hydroxylation is 1. The third-order valence-electron chi connectivity index (χ3n) is 4.25. The molecule has 1 saturated heterocycles. The van der Waals surface area contributed by atoms with Crippen molar-refractivity contribution >= 4 is 23.5 Å². The van der Waals surface area contributed by atoms with E-state index < -0.39 is 0 Å². The lowest BCUT2D eigenvalue weighted by Crippen LogP contribution is -2.22. The number of nitrogens with zero attached hydrogens (tertiary/aromatic N) is 3. The number of rotatable bonds is 5. The first-order valence-corrected chi connectivity index (χ1v) is 8.75. The van der Waals surface area contributed by atoms with Crippen LogP contribution in [0.5, 0.6) is 0 Å². The second-order valence-electron chi connectivity index (χ2n) is 6.12. The maximum Gasteiger partial charge on any atom is 0.338 e. The number of benzene rings is 1. The van der Waals surface area contributed by atoms with Gasteiger partial charge in [0.1, 0.15) is 0 Å². The Hall–Kier alpha value is -2.96. The molecular formula is C19H22N4O3. The summed E-state index contributed by atoms with van der Waals surface area (Å²) in [6.45, 7) is 5.80. The lowest BCUT2D eigenvalue weighted by Gasteiger charge is -2.16. The number of esters is 1. The number of carbonyl (C=O) groups excluding carboxylic acids is 2. The van der Waals surface area contributed by atoms with Gasteiger partial charge in [-0.3, -0.25) is 4.79 Å². The van der Waals surface area contributed by atoms with E-state index in [1.165, 1.54) is 0 Å². The Balaban J connectivity index is 1.68. The molecule has 0 spiro atoms. The first kappa shape index (κ1) is 17.8. The Morgan fingerprint density at radius 3 is 2.50 bits per heavy atom. The van der Waals surface area contributed by atoms with Crippen LogP contribution in [0.3, 0.4) is 0 Å². The molecule has 26 heavy (non-hydrogen) atoms. The molecule has 0 saturated carbocycles. The molecule has 1 aliphatic rings. The summed E-state index contributed by atoms with van der Waals surface area (Å²) in [5, 5.41) is 2.80. The fourth-order valence-electron chi connectivity index (χ4n) is 2.85. The van der Waals surface area contributed by atoms with Crippen molar-refractivity contribution in [1.82, 2.24) is 9.97 Å². The molecule has 1 N–H and O–H groups in total. The Labute approximate surface area is 152 Å². The molecule has 7 nitrogen and oxygen atoms in total. The van der Waals surface area contributed by atoms with E-state index in [0.29, 0.717) is 35.1 Å². The normalized spacial score (nSPS) is 13.5. The molecule has 0 radical (unpaired) electrons. The Kier molecular flexibility index (Phi) is 5.46. The van der Waals surface area contributed by atoms with E-state index in [9.17, 15) is 9.59 Å². The van der Waals surface area contributed by atoms with E-state index in [4.69, 9.17) is 4.74 Å². The molecule has 1 fully saturated rings. The smallest absolute Gasteiger partial charge is 0.338 e. The largest absolute Gasteiger partial charge is 0.462 e. The Morgan fingerprint density at radius 1 is 1.19 bits per heavy atom. The predicted molar refractivity (Wildman–Crippen MR) is 98.6 cm³/mol. The molecule has 3 rings (SSSR count). The van der Waals surface area contributed by atoms with E-state index in [-0.39, 0.29) is 11.9 Å². The van der Waals surface area contributed by atoms with E-state index in [0.717, 1.165) is 25.9 Å². The van der Waals surface area contributed by atoms with Crippen LogP contribution in [0.15, 0.2) is 30.5 Å². The van der Waals surface area contributed by atoms with Gasteiger partial charge in [-0.25, -0.2) is 14.8 Å². The molecule has 136 valence electrons. The van der Waals surface area contributed by atoms with Crippen LogP contribution in [-0.4, -0.2) is 41.5 Å². The lowest BCUT2D eigenvalue weighted by atomic mass is 10.2. The predicted octanol–water partition coefficient (Wildman–Crippen LogP) is 2.81. The third kappa shape index (κ3) is 3.99. The van der Waals surface area contributed by atoms with Crippen molar-refractivity contribution in [2.75, 3.05) is 29.9 Å². The molecule has 0 bridgehead atoms. The van der Waals surface area contributed by atoms with Crippen molar-refractivity contribution in [2.24, 2.45) is 0 Å². The fourth-order valence-corrected chi connectivity index (χ4v) is 2.85. The highest BCUT2D eigenvalue weighted by Crippen LogP contribution is 2.18. The molecule has 1 aromatic heterocycles. The average Bonchev–Trinajstić information content (AvgIpc) is 3.17. The number of ether oxygens (including phenoxy) is 1. The number of amides is 1. The van der Waals surface area contributed by atoms with Gasteiger partial charge in [0.05, 0.1) is 23.4 Å². The zero-order chi connectivity index (χ0) is 18.5. The molecule has 7 heteroatoms. The molecule has 0 aliphatic carbocycles. The van der Waals surface area contributed by atoms with Gasteiger partial charge in [0.15, 0.2) is 0 Å². The average molecular weight is 354 g/mol. The standard InChI is InChI=1S/C19H22N4O3/c1-3-26-18(25)14-6-8-15(9-7-14)22-17(24)16-12-20-19(21-13(16)2)23-10-4-5-11-23/h6-9,12H,3-5,10-11H2,1-2H3,(H,22,24). The Morgan fingerprint density at radius 2 is 1.88 bits per heavy atom. The van der Waals surface area contributed by atoms with E-state index in [1.54, 1.807) is 44.3 Å². The van der Waals surface area contributed by atoms with Crippen LogP contribution in [0.25, 0.3) is 0 Å². The Bertz CT molecular complexity index is 799. The zero-order valence-corrected chi connectivity index (χ0v) is 15.0. The minimum Gasteiger partial charge on any atom is -0.462 e. The highest BCUT2D eigenvalue weighted by molar-refractivity contribution is 6.05. The van der Waals surface area contributed by atoms with Gasteiger partial charge in [-0.05, 0) is 51.0 Å². The molecule has 2 heterocycles. The molecule has 0 unspecified atom stereocenters. The summed E-state index contributed by atoms with van der Waals surface area (Å²) in [6.07, 6.45) is 3.86. The second kappa shape index (κ2) is 7.95. The van der Waals surface area contributed by atoms with Crippen molar-refractivity contribution in [3.05, 3.63) is 47.3 Å². The lowest BCUT2D eigenvalue weighted by molar-refractivity contribution is 0.0526. The van der Waals surface area contributed by atoms with Crippen molar-refractivity contribution in [2.45, 2.75) is 26.7 Å². The van der Waals surface area contributed by atoms with Crippen LogP contribution in [-0.2, 0) is 4.74 Å². The maximum absolute atomic E-state index is 12.5. The summed E-state index contributed by atoms with van der Waals surface area (Å²) < 4.78 is 4.94. The van der Waals surface area contributed by atoms with Gasteiger partial charge in [-0.15, -0.1) is 0 Å². The summed E-state index contributed by atoms with van der Waals surface area (Å²) in [5.74, 6) is 0.0156. The molecule has 1 aliphatic heterocycles. The van der Waals surface area contributed by atoms with E-state index in [1.807, 2.05) is 0 Å². The summed E-state index contributed by atoms with van der Waals surface area (Å²) in [7, 11) is 0. The quantitative estimate of drug-likeness (QED) is 0.831. The highest BCUT2D eigenvalue weighted by Gasteiger charge is 2.18. The van der Waals surface area contributed by atoms with Gasteiger partial charge >= 0.3 is 5.97 Å². The zero-order valence-electron chi connectivity index (χ0n) is 15.0.